The Balaban J connectivity index is 1.69. The lowest BCUT2D eigenvalue weighted by molar-refractivity contribution is 0.0963. The Morgan fingerprint density at radius 2 is 1.71 bits per heavy atom. The molecule has 0 aromatic heterocycles. The summed E-state index contributed by atoms with van der Waals surface area (Å²) >= 11 is 0. The van der Waals surface area contributed by atoms with Gasteiger partial charge in [0.25, 0.3) is 5.91 Å². The number of amides is 1. The molecule has 2 aromatic carbocycles. The van der Waals surface area contributed by atoms with E-state index in [9.17, 15) is 4.79 Å². The average Bonchev–Trinajstić information content (AvgIpc) is 3.09. The zero-order valence-electron chi connectivity index (χ0n) is 14.6. The second kappa shape index (κ2) is 7.63. The first-order valence-corrected chi connectivity index (χ1v) is 8.86. The molecule has 1 amide bonds. The van der Waals surface area contributed by atoms with Crippen LogP contribution in [-0.2, 0) is 6.54 Å². The van der Waals surface area contributed by atoms with Crippen LogP contribution < -0.4 is 5.32 Å². The summed E-state index contributed by atoms with van der Waals surface area (Å²) in [5, 5.41) is 2.65. The number of nitrogens with zero attached hydrogens (tertiary/aromatic N) is 1. The van der Waals surface area contributed by atoms with E-state index in [1.807, 2.05) is 24.3 Å². The molecule has 126 valence electrons. The SMILES string of the molecule is CCC1CCCN1Cc1ccc(-c2ccc(C(=O)NC)cc2)cc1. The minimum atomic E-state index is -0.0482. The molecule has 1 aliphatic heterocycles. The molecule has 1 saturated heterocycles. The van der Waals surface area contributed by atoms with Crippen LogP contribution in [0.15, 0.2) is 48.5 Å². The van der Waals surface area contributed by atoms with Crippen LogP contribution in [0.4, 0.5) is 0 Å². The van der Waals surface area contributed by atoms with E-state index in [-0.39, 0.29) is 5.91 Å². The maximum absolute atomic E-state index is 11.6. The Morgan fingerprint density at radius 3 is 2.29 bits per heavy atom. The molecule has 3 nitrogen and oxygen atoms in total. The van der Waals surface area contributed by atoms with Crippen molar-refractivity contribution in [1.29, 1.82) is 0 Å². The summed E-state index contributed by atoms with van der Waals surface area (Å²) in [5.41, 5.74) is 4.40. The van der Waals surface area contributed by atoms with Crippen molar-refractivity contribution in [2.24, 2.45) is 0 Å². The maximum atomic E-state index is 11.6. The molecule has 3 rings (SSSR count). The Bertz CT molecular complexity index is 676. The number of rotatable bonds is 5. The first-order valence-electron chi connectivity index (χ1n) is 8.86. The molecular weight excluding hydrogens is 296 g/mol. The molecular formula is C21H26N2O. The molecule has 0 bridgehead atoms. The summed E-state index contributed by atoms with van der Waals surface area (Å²) in [6.45, 7) is 4.56. The number of likely N-dealkylation sites (tertiary alicyclic amines) is 1. The molecule has 1 unspecified atom stereocenters. The smallest absolute Gasteiger partial charge is 0.251 e. The molecule has 0 spiro atoms. The molecule has 1 heterocycles. The lowest BCUT2D eigenvalue weighted by Gasteiger charge is -2.23. The number of benzene rings is 2. The van der Waals surface area contributed by atoms with Gasteiger partial charge in [-0.2, -0.15) is 0 Å². The van der Waals surface area contributed by atoms with Crippen LogP contribution in [0.1, 0.15) is 42.1 Å². The third-order valence-corrected chi connectivity index (χ3v) is 5.02. The maximum Gasteiger partial charge on any atom is 0.251 e. The molecule has 24 heavy (non-hydrogen) atoms. The van der Waals surface area contributed by atoms with E-state index < -0.39 is 0 Å². The van der Waals surface area contributed by atoms with Gasteiger partial charge in [-0.05, 0) is 54.6 Å². The quantitative estimate of drug-likeness (QED) is 0.899. The van der Waals surface area contributed by atoms with Gasteiger partial charge in [0.15, 0.2) is 0 Å². The lowest BCUT2D eigenvalue weighted by Crippen LogP contribution is -2.28. The first-order chi connectivity index (χ1) is 11.7. The van der Waals surface area contributed by atoms with Crippen molar-refractivity contribution < 1.29 is 4.79 Å². The fraction of sp³-hybridized carbons (Fsp3) is 0.381. The van der Waals surface area contributed by atoms with Gasteiger partial charge in [0.05, 0.1) is 0 Å². The first kappa shape index (κ1) is 16.7. The van der Waals surface area contributed by atoms with Gasteiger partial charge in [-0.15, -0.1) is 0 Å². The van der Waals surface area contributed by atoms with E-state index in [1.54, 1.807) is 7.05 Å². The topological polar surface area (TPSA) is 32.3 Å². The van der Waals surface area contributed by atoms with Gasteiger partial charge < -0.3 is 5.32 Å². The summed E-state index contributed by atoms with van der Waals surface area (Å²) in [5.74, 6) is -0.0482. The zero-order valence-corrected chi connectivity index (χ0v) is 14.6. The highest BCUT2D eigenvalue weighted by atomic mass is 16.1. The average molecular weight is 322 g/mol. The van der Waals surface area contributed by atoms with Crippen molar-refractivity contribution in [2.75, 3.05) is 13.6 Å². The van der Waals surface area contributed by atoms with E-state index in [0.29, 0.717) is 5.56 Å². The van der Waals surface area contributed by atoms with Crippen molar-refractivity contribution in [3.05, 3.63) is 59.7 Å². The minimum Gasteiger partial charge on any atom is -0.355 e. The number of carbonyl (C=O) groups is 1. The number of hydrogen-bond acceptors (Lipinski definition) is 2. The molecule has 0 radical (unpaired) electrons. The van der Waals surface area contributed by atoms with Crippen molar-refractivity contribution in [3.8, 4) is 11.1 Å². The largest absolute Gasteiger partial charge is 0.355 e. The molecule has 1 N–H and O–H groups in total. The standard InChI is InChI=1S/C21H26N2O/c1-3-20-5-4-14-23(20)15-16-6-8-17(9-7-16)18-10-12-19(13-11-18)21(24)22-2/h6-13,20H,3-5,14-15H2,1-2H3,(H,22,24). The molecule has 2 aromatic rings. The van der Waals surface area contributed by atoms with Gasteiger partial charge in [-0.25, -0.2) is 0 Å². The molecule has 1 fully saturated rings. The summed E-state index contributed by atoms with van der Waals surface area (Å²) in [7, 11) is 1.65. The molecule has 1 aliphatic rings. The Kier molecular flexibility index (Phi) is 5.31. The van der Waals surface area contributed by atoms with Crippen molar-refractivity contribution in [3.63, 3.8) is 0 Å². The van der Waals surface area contributed by atoms with Crippen molar-refractivity contribution in [2.45, 2.75) is 38.8 Å². The summed E-state index contributed by atoms with van der Waals surface area (Å²) in [6.07, 6.45) is 3.91. The summed E-state index contributed by atoms with van der Waals surface area (Å²) < 4.78 is 0. The van der Waals surface area contributed by atoms with Gasteiger partial charge in [0.2, 0.25) is 0 Å². The minimum absolute atomic E-state index is 0.0482. The second-order valence-corrected chi connectivity index (χ2v) is 6.53. The Labute approximate surface area is 144 Å². The van der Waals surface area contributed by atoms with Gasteiger partial charge >= 0.3 is 0 Å². The monoisotopic (exact) mass is 322 g/mol. The Hall–Kier alpha value is -2.13. The van der Waals surface area contributed by atoms with Crippen molar-refractivity contribution in [1.82, 2.24) is 10.2 Å². The van der Waals surface area contributed by atoms with E-state index in [0.717, 1.165) is 18.2 Å². The van der Waals surface area contributed by atoms with E-state index in [1.165, 1.54) is 36.9 Å². The van der Waals surface area contributed by atoms with Crippen LogP contribution in [0.5, 0.6) is 0 Å². The van der Waals surface area contributed by atoms with E-state index in [2.05, 4.69) is 41.4 Å². The van der Waals surface area contributed by atoms with Crippen LogP contribution in [0, 0.1) is 0 Å². The predicted molar refractivity (Wildman–Crippen MR) is 99.0 cm³/mol. The van der Waals surface area contributed by atoms with Gasteiger partial charge in [0.1, 0.15) is 0 Å². The zero-order chi connectivity index (χ0) is 16.9. The third-order valence-electron chi connectivity index (χ3n) is 5.02. The van der Waals surface area contributed by atoms with E-state index >= 15 is 0 Å². The third kappa shape index (κ3) is 3.68. The Morgan fingerprint density at radius 1 is 1.08 bits per heavy atom. The number of nitrogens with one attached hydrogen (secondary N) is 1. The summed E-state index contributed by atoms with van der Waals surface area (Å²) in [4.78, 5) is 14.2. The van der Waals surface area contributed by atoms with Gasteiger partial charge in [-0.1, -0.05) is 43.3 Å². The molecule has 3 heteroatoms. The van der Waals surface area contributed by atoms with Crippen molar-refractivity contribution >= 4 is 5.91 Å². The second-order valence-electron chi connectivity index (χ2n) is 6.53. The number of hydrogen-bond donors (Lipinski definition) is 1. The molecule has 1 atom stereocenters. The van der Waals surface area contributed by atoms with Crippen LogP contribution in [0.2, 0.25) is 0 Å². The molecule has 0 saturated carbocycles. The highest BCUT2D eigenvalue weighted by Gasteiger charge is 2.22. The predicted octanol–water partition coefficient (Wildman–Crippen LogP) is 4.09. The lowest BCUT2D eigenvalue weighted by atomic mass is 10.0. The highest BCUT2D eigenvalue weighted by molar-refractivity contribution is 5.94. The molecule has 0 aliphatic carbocycles. The number of carbonyl (C=O) groups excluding carboxylic acids is 1. The van der Waals surface area contributed by atoms with Crippen LogP contribution in [0.3, 0.4) is 0 Å². The highest BCUT2D eigenvalue weighted by Crippen LogP contribution is 2.24. The normalized spacial score (nSPS) is 17.8. The fourth-order valence-corrected chi connectivity index (χ4v) is 3.56. The van der Waals surface area contributed by atoms with Crippen LogP contribution >= 0.6 is 0 Å². The van der Waals surface area contributed by atoms with Gasteiger partial charge in [0, 0.05) is 25.2 Å². The van der Waals surface area contributed by atoms with E-state index in [4.69, 9.17) is 0 Å². The van der Waals surface area contributed by atoms with Crippen LogP contribution in [0.25, 0.3) is 11.1 Å². The van der Waals surface area contributed by atoms with Crippen LogP contribution in [-0.4, -0.2) is 30.4 Å². The van der Waals surface area contributed by atoms with Gasteiger partial charge in [-0.3, -0.25) is 9.69 Å². The fourth-order valence-electron chi connectivity index (χ4n) is 3.56. The summed E-state index contributed by atoms with van der Waals surface area (Å²) in [6, 6.07) is 17.3.